The van der Waals surface area contributed by atoms with Crippen LogP contribution in [0.4, 0.5) is 5.69 Å². The monoisotopic (exact) mass is 486 g/mol. The standard InChI is InChI=1S/C29H30N2O5/c1-7-36-24-13-11-22(12-14-24)30-18(2)15-21(19(30)3)16-26-27(29(33)35-6)20(4)31(28(26)32)23-9-8-10-25(17-23)34-5/h8-17H,7H2,1-6H3. The fraction of sp³-hybridized carbons (Fsp3) is 0.241. The second-order valence-corrected chi connectivity index (χ2v) is 8.44. The molecule has 0 unspecified atom stereocenters. The third-order valence-corrected chi connectivity index (χ3v) is 6.28. The highest BCUT2D eigenvalue weighted by Gasteiger charge is 2.38. The topological polar surface area (TPSA) is 70.0 Å². The molecule has 0 aliphatic carbocycles. The Morgan fingerprint density at radius 1 is 0.944 bits per heavy atom. The van der Waals surface area contributed by atoms with Crippen LogP contribution in [0.25, 0.3) is 11.8 Å². The van der Waals surface area contributed by atoms with Crippen LogP contribution in [0.3, 0.4) is 0 Å². The molecule has 1 aliphatic rings. The number of hydrogen-bond acceptors (Lipinski definition) is 5. The van der Waals surface area contributed by atoms with Gasteiger partial charge >= 0.3 is 5.97 Å². The number of allylic oxidation sites excluding steroid dienone is 1. The average Bonchev–Trinajstić information content (AvgIpc) is 3.30. The minimum atomic E-state index is -0.558. The van der Waals surface area contributed by atoms with Crippen LogP contribution >= 0.6 is 0 Å². The Balaban J connectivity index is 1.79. The van der Waals surface area contributed by atoms with Crippen molar-refractivity contribution in [1.82, 2.24) is 4.57 Å². The highest BCUT2D eigenvalue weighted by Crippen LogP contribution is 2.37. The summed E-state index contributed by atoms with van der Waals surface area (Å²) in [6.45, 7) is 8.30. The number of anilines is 1. The summed E-state index contributed by atoms with van der Waals surface area (Å²) in [6.07, 6.45) is 1.77. The third kappa shape index (κ3) is 4.40. The zero-order valence-corrected chi connectivity index (χ0v) is 21.4. The molecule has 4 rings (SSSR count). The van der Waals surface area contributed by atoms with E-state index in [-0.39, 0.29) is 17.1 Å². The summed E-state index contributed by atoms with van der Waals surface area (Å²) >= 11 is 0. The van der Waals surface area contributed by atoms with E-state index in [9.17, 15) is 9.59 Å². The number of ether oxygens (including phenoxy) is 3. The highest BCUT2D eigenvalue weighted by atomic mass is 16.5. The molecule has 1 amide bonds. The molecule has 1 aliphatic heterocycles. The van der Waals surface area contributed by atoms with Crippen LogP contribution in [0.15, 0.2) is 71.4 Å². The second kappa shape index (κ2) is 10.2. The molecular weight excluding hydrogens is 456 g/mol. The molecule has 2 heterocycles. The summed E-state index contributed by atoms with van der Waals surface area (Å²) in [5.74, 6) is 0.567. The number of benzene rings is 2. The third-order valence-electron chi connectivity index (χ3n) is 6.28. The van der Waals surface area contributed by atoms with Gasteiger partial charge in [-0.1, -0.05) is 6.07 Å². The number of aromatic nitrogens is 1. The molecule has 0 N–H and O–H groups in total. The molecule has 0 radical (unpaired) electrons. The summed E-state index contributed by atoms with van der Waals surface area (Å²) < 4.78 is 18.0. The summed E-state index contributed by atoms with van der Waals surface area (Å²) in [7, 11) is 2.88. The Morgan fingerprint density at radius 3 is 2.31 bits per heavy atom. The van der Waals surface area contributed by atoms with E-state index in [1.54, 1.807) is 44.4 Å². The number of hydrogen-bond donors (Lipinski definition) is 0. The van der Waals surface area contributed by atoms with Crippen LogP contribution < -0.4 is 14.4 Å². The quantitative estimate of drug-likeness (QED) is 0.331. The van der Waals surface area contributed by atoms with Crippen molar-refractivity contribution in [3.63, 3.8) is 0 Å². The van der Waals surface area contributed by atoms with E-state index >= 15 is 0 Å². The van der Waals surface area contributed by atoms with Crippen molar-refractivity contribution in [1.29, 1.82) is 0 Å². The van der Waals surface area contributed by atoms with Crippen molar-refractivity contribution in [2.75, 3.05) is 25.7 Å². The number of methoxy groups -OCH3 is 2. The number of carbonyl (C=O) groups excluding carboxylic acids is 2. The largest absolute Gasteiger partial charge is 0.497 e. The van der Waals surface area contributed by atoms with Crippen molar-refractivity contribution in [3.8, 4) is 17.2 Å². The number of esters is 1. The molecule has 7 heteroatoms. The van der Waals surface area contributed by atoms with Crippen LogP contribution in [0.1, 0.15) is 30.8 Å². The number of carbonyl (C=O) groups is 2. The van der Waals surface area contributed by atoms with E-state index in [4.69, 9.17) is 14.2 Å². The molecule has 3 aromatic rings. The average molecular weight is 487 g/mol. The Hall–Kier alpha value is -4.26. The molecule has 0 bridgehead atoms. The lowest BCUT2D eigenvalue weighted by molar-refractivity contribution is -0.136. The van der Waals surface area contributed by atoms with Gasteiger partial charge in [0.1, 0.15) is 11.5 Å². The van der Waals surface area contributed by atoms with Gasteiger partial charge in [0.2, 0.25) is 0 Å². The zero-order valence-electron chi connectivity index (χ0n) is 21.4. The molecule has 36 heavy (non-hydrogen) atoms. The Labute approximate surface area is 211 Å². The summed E-state index contributed by atoms with van der Waals surface area (Å²) in [6, 6.07) is 17.0. The molecule has 0 fully saturated rings. The van der Waals surface area contributed by atoms with Crippen molar-refractivity contribution in [3.05, 3.63) is 88.4 Å². The minimum Gasteiger partial charge on any atom is -0.497 e. The molecule has 1 aromatic heterocycles. The Morgan fingerprint density at radius 2 is 1.67 bits per heavy atom. The van der Waals surface area contributed by atoms with E-state index in [0.29, 0.717) is 23.7 Å². The maximum absolute atomic E-state index is 13.7. The first-order valence-electron chi connectivity index (χ1n) is 11.7. The fourth-order valence-corrected chi connectivity index (χ4v) is 4.59. The first-order chi connectivity index (χ1) is 17.3. The molecule has 0 saturated carbocycles. The Bertz CT molecular complexity index is 1380. The number of amides is 1. The number of aryl methyl sites for hydroxylation is 1. The molecular formula is C29H30N2O5. The van der Waals surface area contributed by atoms with Gasteiger partial charge in [0.25, 0.3) is 5.91 Å². The van der Waals surface area contributed by atoms with Gasteiger partial charge in [-0.15, -0.1) is 0 Å². The number of rotatable bonds is 7. The lowest BCUT2D eigenvalue weighted by Crippen LogP contribution is -2.24. The van der Waals surface area contributed by atoms with E-state index in [0.717, 1.165) is 28.4 Å². The van der Waals surface area contributed by atoms with Crippen molar-refractivity contribution >= 4 is 23.6 Å². The van der Waals surface area contributed by atoms with Crippen LogP contribution in [0.2, 0.25) is 0 Å². The van der Waals surface area contributed by atoms with Crippen LogP contribution in [-0.2, 0) is 14.3 Å². The highest BCUT2D eigenvalue weighted by molar-refractivity contribution is 6.23. The van der Waals surface area contributed by atoms with Gasteiger partial charge in [0.05, 0.1) is 37.7 Å². The molecule has 0 atom stereocenters. The first-order valence-corrected chi connectivity index (χ1v) is 11.7. The first kappa shape index (κ1) is 24.9. The normalized spacial score (nSPS) is 14.6. The van der Waals surface area contributed by atoms with Crippen LogP contribution in [-0.4, -0.2) is 37.3 Å². The van der Waals surface area contributed by atoms with Gasteiger partial charge in [-0.25, -0.2) is 4.79 Å². The molecule has 0 saturated heterocycles. The van der Waals surface area contributed by atoms with E-state index in [1.807, 2.05) is 51.1 Å². The maximum Gasteiger partial charge on any atom is 0.340 e. The molecule has 0 spiro atoms. The van der Waals surface area contributed by atoms with Crippen LogP contribution in [0, 0.1) is 13.8 Å². The zero-order chi connectivity index (χ0) is 26.0. The van der Waals surface area contributed by atoms with E-state index < -0.39 is 5.97 Å². The van der Waals surface area contributed by atoms with Gasteiger partial charge in [-0.05, 0) is 81.8 Å². The molecule has 186 valence electrons. The van der Waals surface area contributed by atoms with Gasteiger partial charge in [-0.3, -0.25) is 9.69 Å². The van der Waals surface area contributed by atoms with Gasteiger partial charge in [-0.2, -0.15) is 0 Å². The fourth-order valence-electron chi connectivity index (χ4n) is 4.59. The summed E-state index contributed by atoms with van der Waals surface area (Å²) in [5.41, 5.74) is 5.41. The SMILES string of the molecule is CCOc1ccc(-n2c(C)cc(C=C3C(=O)N(c4cccc(OC)c4)C(C)=C3C(=O)OC)c2C)cc1. The van der Waals surface area contributed by atoms with Gasteiger partial charge in [0.15, 0.2) is 0 Å². The molecule has 2 aromatic carbocycles. The second-order valence-electron chi connectivity index (χ2n) is 8.44. The lowest BCUT2D eigenvalue weighted by Gasteiger charge is -2.18. The predicted octanol–water partition coefficient (Wildman–Crippen LogP) is 5.38. The smallest absolute Gasteiger partial charge is 0.340 e. The predicted molar refractivity (Wildman–Crippen MR) is 140 cm³/mol. The summed E-state index contributed by atoms with van der Waals surface area (Å²) in [5, 5.41) is 0. The maximum atomic E-state index is 13.7. The lowest BCUT2D eigenvalue weighted by atomic mass is 10.0. The van der Waals surface area contributed by atoms with Crippen molar-refractivity contribution < 1.29 is 23.8 Å². The van der Waals surface area contributed by atoms with Crippen LogP contribution in [0.5, 0.6) is 11.5 Å². The van der Waals surface area contributed by atoms with Crippen molar-refractivity contribution in [2.45, 2.75) is 27.7 Å². The van der Waals surface area contributed by atoms with Gasteiger partial charge in [0, 0.05) is 28.8 Å². The minimum absolute atomic E-state index is 0.246. The van der Waals surface area contributed by atoms with E-state index in [1.165, 1.54) is 12.0 Å². The number of nitrogens with zero attached hydrogens (tertiary/aromatic N) is 2. The Kier molecular flexibility index (Phi) is 7.01. The van der Waals surface area contributed by atoms with E-state index in [2.05, 4.69) is 4.57 Å². The van der Waals surface area contributed by atoms with Crippen molar-refractivity contribution in [2.24, 2.45) is 0 Å². The summed E-state index contributed by atoms with van der Waals surface area (Å²) in [4.78, 5) is 28.0. The van der Waals surface area contributed by atoms with Gasteiger partial charge < -0.3 is 18.8 Å². The molecule has 7 nitrogen and oxygen atoms in total.